The van der Waals surface area contributed by atoms with E-state index in [4.69, 9.17) is 0 Å². The average molecular weight is 252 g/mol. The summed E-state index contributed by atoms with van der Waals surface area (Å²) in [5, 5.41) is 0. The Morgan fingerprint density at radius 2 is 2.06 bits per heavy atom. The molecule has 2 rings (SSSR count). The molecule has 2 fully saturated rings. The number of rotatable bonds is 3. The number of carbonyl (C=O) groups excluding carboxylic acids is 2. The fourth-order valence-electron chi connectivity index (χ4n) is 2.72. The summed E-state index contributed by atoms with van der Waals surface area (Å²) in [6, 6.07) is 0. The van der Waals surface area contributed by atoms with E-state index >= 15 is 0 Å². The lowest BCUT2D eigenvalue weighted by Crippen LogP contribution is -2.40. The summed E-state index contributed by atoms with van der Waals surface area (Å²) < 4.78 is 0. The Morgan fingerprint density at radius 1 is 1.39 bits per heavy atom. The van der Waals surface area contributed by atoms with Gasteiger partial charge in [-0.3, -0.25) is 9.59 Å². The molecule has 4 nitrogen and oxygen atoms in total. The molecular formula is C14H24N2O2. The normalized spacial score (nSPS) is 27.1. The third-order valence-electron chi connectivity index (χ3n) is 4.15. The van der Waals surface area contributed by atoms with Gasteiger partial charge in [0.05, 0.1) is 6.54 Å². The second-order valence-corrected chi connectivity index (χ2v) is 6.24. The van der Waals surface area contributed by atoms with Crippen molar-refractivity contribution < 1.29 is 9.59 Å². The van der Waals surface area contributed by atoms with E-state index in [2.05, 4.69) is 20.8 Å². The lowest BCUT2D eigenvalue weighted by atomic mass is 10.1. The van der Waals surface area contributed by atoms with Crippen molar-refractivity contribution in [1.82, 2.24) is 9.80 Å². The molecule has 1 aliphatic heterocycles. The Kier molecular flexibility index (Phi) is 3.64. The first-order chi connectivity index (χ1) is 8.45. The number of nitrogens with zero attached hydrogens (tertiary/aromatic N) is 2. The highest BCUT2D eigenvalue weighted by Gasteiger charge is 2.52. The van der Waals surface area contributed by atoms with Crippen LogP contribution in [-0.4, -0.2) is 47.8 Å². The second kappa shape index (κ2) is 4.90. The Balaban J connectivity index is 1.95. The summed E-state index contributed by atoms with van der Waals surface area (Å²) in [6.07, 6.45) is 2.86. The molecule has 0 aromatic heterocycles. The van der Waals surface area contributed by atoms with Crippen LogP contribution in [0.15, 0.2) is 0 Å². The molecule has 1 aliphatic carbocycles. The van der Waals surface area contributed by atoms with Gasteiger partial charge in [-0.05, 0) is 24.7 Å². The number of amides is 2. The van der Waals surface area contributed by atoms with Gasteiger partial charge in [-0.15, -0.1) is 0 Å². The van der Waals surface area contributed by atoms with Crippen LogP contribution >= 0.6 is 0 Å². The highest BCUT2D eigenvalue weighted by atomic mass is 16.2. The lowest BCUT2D eigenvalue weighted by molar-refractivity contribution is -0.139. The highest BCUT2D eigenvalue weighted by Crippen LogP contribution is 2.52. The first-order valence-corrected chi connectivity index (χ1v) is 7.02. The Labute approximate surface area is 109 Å². The first-order valence-electron chi connectivity index (χ1n) is 7.02. The lowest BCUT2D eigenvalue weighted by Gasteiger charge is -2.22. The monoisotopic (exact) mass is 252 g/mol. The zero-order valence-corrected chi connectivity index (χ0v) is 11.7. The molecule has 0 spiro atoms. The molecule has 4 heteroatoms. The molecule has 1 saturated carbocycles. The van der Waals surface area contributed by atoms with E-state index in [0.717, 1.165) is 38.9 Å². The van der Waals surface area contributed by atoms with Crippen LogP contribution in [0.25, 0.3) is 0 Å². The molecule has 0 bridgehead atoms. The molecule has 1 saturated heterocycles. The van der Waals surface area contributed by atoms with Gasteiger partial charge in [0.2, 0.25) is 11.8 Å². The summed E-state index contributed by atoms with van der Waals surface area (Å²) in [7, 11) is 0. The van der Waals surface area contributed by atoms with Crippen molar-refractivity contribution in [2.45, 2.75) is 40.0 Å². The quantitative estimate of drug-likeness (QED) is 0.764. The molecule has 0 N–H and O–H groups in total. The maximum Gasteiger partial charge on any atom is 0.242 e. The van der Waals surface area contributed by atoms with Crippen LogP contribution in [-0.2, 0) is 9.59 Å². The fourth-order valence-corrected chi connectivity index (χ4v) is 2.72. The predicted molar refractivity (Wildman–Crippen MR) is 70.0 cm³/mol. The number of hydrogen-bond donors (Lipinski definition) is 0. The minimum atomic E-state index is 0.112. The maximum absolute atomic E-state index is 12.3. The van der Waals surface area contributed by atoms with Crippen LogP contribution in [0.5, 0.6) is 0 Å². The van der Waals surface area contributed by atoms with Crippen molar-refractivity contribution in [3.05, 3.63) is 0 Å². The van der Waals surface area contributed by atoms with Crippen LogP contribution in [0.4, 0.5) is 0 Å². The van der Waals surface area contributed by atoms with E-state index in [-0.39, 0.29) is 29.7 Å². The van der Waals surface area contributed by atoms with Gasteiger partial charge in [0, 0.05) is 25.6 Å². The van der Waals surface area contributed by atoms with Gasteiger partial charge in [0.1, 0.15) is 0 Å². The Morgan fingerprint density at radius 3 is 2.61 bits per heavy atom. The molecule has 1 unspecified atom stereocenters. The van der Waals surface area contributed by atoms with Gasteiger partial charge >= 0.3 is 0 Å². The molecule has 1 atom stereocenters. The average Bonchev–Trinajstić information content (AvgIpc) is 2.98. The van der Waals surface area contributed by atoms with Crippen LogP contribution in [0.3, 0.4) is 0 Å². The number of carbonyl (C=O) groups is 2. The maximum atomic E-state index is 12.3. The molecule has 0 aromatic rings. The van der Waals surface area contributed by atoms with Crippen molar-refractivity contribution in [2.75, 3.05) is 26.2 Å². The van der Waals surface area contributed by atoms with Gasteiger partial charge in [-0.2, -0.15) is 0 Å². The molecule has 2 aliphatic rings. The molecular weight excluding hydrogens is 228 g/mol. The summed E-state index contributed by atoms with van der Waals surface area (Å²) in [4.78, 5) is 28.0. The van der Waals surface area contributed by atoms with E-state index in [1.165, 1.54) is 0 Å². The van der Waals surface area contributed by atoms with Crippen molar-refractivity contribution >= 4 is 11.8 Å². The van der Waals surface area contributed by atoms with E-state index in [9.17, 15) is 9.59 Å². The molecule has 1 heterocycles. The first kappa shape index (κ1) is 13.4. The minimum absolute atomic E-state index is 0.112. The molecule has 2 amide bonds. The number of hydrogen-bond acceptors (Lipinski definition) is 2. The van der Waals surface area contributed by atoms with Crippen LogP contribution in [0.1, 0.15) is 40.0 Å². The van der Waals surface area contributed by atoms with Gasteiger partial charge in [0.25, 0.3) is 0 Å². The van der Waals surface area contributed by atoms with Crippen LogP contribution in [0.2, 0.25) is 0 Å². The van der Waals surface area contributed by atoms with Crippen molar-refractivity contribution in [3.63, 3.8) is 0 Å². The van der Waals surface area contributed by atoms with Gasteiger partial charge < -0.3 is 9.80 Å². The third kappa shape index (κ3) is 2.68. The van der Waals surface area contributed by atoms with Gasteiger partial charge in [0.15, 0.2) is 0 Å². The third-order valence-corrected chi connectivity index (χ3v) is 4.15. The molecule has 102 valence electrons. The molecule has 0 radical (unpaired) electrons. The largest absolute Gasteiger partial charge is 0.341 e. The van der Waals surface area contributed by atoms with Crippen molar-refractivity contribution in [3.8, 4) is 0 Å². The smallest absolute Gasteiger partial charge is 0.242 e. The van der Waals surface area contributed by atoms with Gasteiger partial charge in [-0.25, -0.2) is 0 Å². The van der Waals surface area contributed by atoms with E-state index in [1.54, 1.807) is 4.90 Å². The zero-order valence-electron chi connectivity index (χ0n) is 11.7. The standard InChI is InChI=1S/C14H24N2O2/c1-4-6-15-7-5-8-16(10-12(15)17)13(18)11-9-14(11,2)3/h11H,4-10H2,1-3H3. The Bertz CT molecular complexity index is 352. The highest BCUT2D eigenvalue weighted by molar-refractivity contribution is 5.88. The van der Waals surface area contributed by atoms with Crippen LogP contribution < -0.4 is 0 Å². The van der Waals surface area contributed by atoms with Crippen LogP contribution in [0, 0.1) is 11.3 Å². The van der Waals surface area contributed by atoms with Gasteiger partial charge in [-0.1, -0.05) is 20.8 Å². The molecule has 18 heavy (non-hydrogen) atoms. The summed E-state index contributed by atoms with van der Waals surface area (Å²) in [5.74, 6) is 0.441. The predicted octanol–water partition coefficient (Wildman–Crippen LogP) is 1.50. The fraction of sp³-hybridized carbons (Fsp3) is 0.857. The topological polar surface area (TPSA) is 40.6 Å². The Hall–Kier alpha value is -1.06. The van der Waals surface area contributed by atoms with Crippen molar-refractivity contribution in [1.29, 1.82) is 0 Å². The summed E-state index contributed by atoms with van der Waals surface area (Å²) >= 11 is 0. The summed E-state index contributed by atoms with van der Waals surface area (Å²) in [6.45, 7) is 8.95. The minimum Gasteiger partial charge on any atom is -0.341 e. The van der Waals surface area contributed by atoms with E-state index in [0.29, 0.717) is 0 Å². The summed E-state index contributed by atoms with van der Waals surface area (Å²) in [5.41, 5.74) is 0.148. The zero-order chi connectivity index (χ0) is 13.3. The molecule has 0 aromatic carbocycles. The van der Waals surface area contributed by atoms with E-state index in [1.807, 2.05) is 4.90 Å². The van der Waals surface area contributed by atoms with Crippen molar-refractivity contribution in [2.24, 2.45) is 11.3 Å². The second-order valence-electron chi connectivity index (χ2n) is 6.24. The SMILES string of the molecule is CCCN1CCCN(C(=O)C2CC2(C)C)CC1=O. The van der Waals surface area contributed by atoms with E-state index < -0.39 is 0 Å².